The molecule has 0 bridgehead atoms. The summed E-state index contributed by atoms with van der Waals surface area (Å²) < 4.78 is 5.56. The van der Waals surface area contributed by atoms with Crippen LogP contribution in [0, 0.1) is 17.3 Å². The molecule has 0 aliphatic rings. The lowest BCUT2D eigenvalue weighted by Crippen LogP contribution is -2.25. The van der Waals surface area contributed by atoms with Gasteiger partial charge in [-0.3, -0.25) is 0 Å². The van der Waals surface area contributed by atoms with Gasteiger partial charge in [-0.25, -0.2) is 0 Å². The summed E-state index contributed by atoms with van der Waals surface area (Å²) in [5.41, 5.74) is 0.464. The molecule has 1 atom stereocenters. The first kappa shape index (κ1) is 16.0. The maximum Gasteiger partial charge on any atom is 0.0518 e. The van der Waals surface area contributed by atoms with Crippen LogP contribution in [-0.2, 0) is 4.74 Å². The summed E-state index contributed by atoms with van der Waals surface area (Å²) >= 11 is 0. The summed E-state index contributed by atoms with van der Waals surface area (Å²) in [4.78, 5) is 0. The van der Waals surface area contributed by atoms with Crippen LogP contribution >= 0.6 is 0 Å². The Kier molecular flexibility index (Phi) is 7.30. The van der Waals surface area contributed by atoms with E-state index in [2.05, 4.69) is 48.5 Å². The van der Waals surface area contributed by atoms with Crippen LogP contribution < -0.4 is 0 Å². The van der Waals surface area contributed by atoms with Gasteiger partial charge < -0.3 is 4.74 Å². The van der Waals surface area contributed by atoms with Gasteiger partial charge in [0, 0.05) is 6.61 Å². The molecule has 0 aromatic heterocycles. The first-order valence-corrected chi connectivity index (χ1v) is 6.89. The Balaban J connectivity index is 3.74. The summed E-state index contributed by atoms with van der Waals surface area (Å²) in [5, 5.41) is 0. The Hall–Kier alpha value is -0.0400. The molecule has 0 saturated carbocycles. The average molecular weight is 228 g/mol. The van der Waals surface area contributed by atoms with Gasteiger partial charge in [-0.05, 0) is 43.9 Å². The predicted octanol–water partition coefficient (Wildman–Crippen LogP) is 4.90. The minimum atomic E-state index is 0.377. The fraction of sp³-hybridized carbons (Fsp3) is 1.00. The molecule has 0 radical (unpaired) electrons. The van der Waals surface area contributed by atoms with E-state index in [0.717, 1.165) is 18.4 Å². The smallest absolute Gasteiger partial charge is 0.0518 e. The van der Waals surface area contributed by atoms with Gasteiger partial charge in [0.15, 0.2) is 0 Å². The molecule has 0 aromatic carbocycles. The molecule has 0 spiro atoms. The Labute approximate surface area is 103 Å². The maximum absolute atomic E-state index is 5.56. The Bertz CT molecular complexity index is 170. The Morgan fingerprint density at radius 1 is 0.938 bits per heavy atom. The molecule has 1 nitrogen and oxygen atoms in total. The van der Waals surface area contributed by atoms with Crippen molar-refractivity contribution in [2.45, 2.75) is 73.8 Å². The van der Waals surface area contributed by atoms with Crippen LogP contribution in [0.2, 0.25) is 0 Å². The van der Waals surface area contributed by atoms with Crippen LogP contribution in [0.25, 0.3) is 0 Å². The highest BCUT2D eigenvalue weighted by Gasteiger charge is 2.27. The van der Waals surface area contributed by atoms with E-state index < -0.39 is 0 Å². The number of ether oxygens (including phenoxy) is 1. The van der Waals surface area contributed by atoms with Gasteiger partial charge in [-0.1, -0.05) is 41.0 Å². The molecule has 1 unspecified atom stereocenters. The lowest BCUT2D eigenvalue weighted by atomic mass is 9.71. The third-order valence-electron chi connectivity index (χ3n) is 3.90. The van der Waals surface area contributed by atoms with E-state index in [9.17, 15) is 0 Å². The lowest BCUT2D eigenvalue weighted by Gasteiger charge is -2.34. The van der Waals surface area contributed by atoms with Crippen molar-refractivity contribution in [2.24, 2.45) is 17.3 Å². The monoisotopic (exact) mass is 228 g/mol. The van der Waals surface area contributed by atoms with Crippen molar-refractivity contribution in [1.29, 1.82) is 0 Å². The maximum atomic E-state index is 5.56. The Morgan fingerprint density at radius 2 is 1.50 bits per heavy atom. The highest BCUT2D eigenvalue weighted by molar-refractivity contribution is 4.77. The van der Waals surface area contributed by atoms with Gasteiger partial charge in [-0.15, -0.1) is 0 Å². The van der Waals surface area contributed by atoms with Crippen molar-refractivity contribution >= 4 is 0 Å². The van der Waals surface area contributed by atoms with Crippen molar-refractivity contribution in [2.75, 3.05) is 6.61 Å². The largest absolute Gasteiger partial charge is 0.379 e. The first-order chi connectivity index (χ1) is 7.27. The lowest BCUT2D eigenvalue weighted by molar-refractivity contribution is 0.0713. The number of rotatable bonds is 8. The standard InChI is InChI=1S/C15H32O/c1-12(2)14(5)15(6,7)10-8-9-11-16-13(3)4/h12-14H,8-11H2,1-7H3. The third kappa shape index (κ3) is 6.52. The van der Waals surface area contributed by atoms with Gasteiger partial charge in [0.1, 0.15) is 0 Å². The molecule has 1 heteroatoms. The highest BCUT2D eigenvalue weighted by atomic mass is 16.5. The van der Waals surface area contributed by atoms with E-state index in [1.807, 2.05) is 0 Å². The second kappa shape index (κ2) is 7.32. The summed E-state index contributed by atoms with van der Waals surface area (Å²) in [6.07, 6.45) is 4.18. The Morgan fingerprint density at radius 3 is 1.94 bits per heavy atom. The quantitative estimate of drug-likeness (QED) is 0.537. The average Bonchev–Trinajstić information content (AvgIpc) is 2.15. The van der Waals surface area contributed by atoms with Gasteiger partial charge in [-0.2, -0.15) is 0 Å². The molecule has 0 fully saturated rings. The second-order valence-corrected chi connectivity index (χ2v) is 6.40. The van der Waals surface area contributed by atoms with Crippen LogP contribution in [0.1, 0.15) is 67.7 Å². The van der Waals surface area contributed by atoms with Gasteiger partial charge >= 0.3 is 0 Å². The topological polar surface area (TPSA) is 9.23 Å². The third-order valence-corrected chi connectivity index (χ3v) is 3.90. The molecule has 0 N–H and O–H groups in total. The zero-order chi connectivity index (χ0) is 12.8. The molecule has 16 heavy (non-hydrogen) atoms. The van der Waals surface area contributed by atoms with Crippen molar-refractivity contribution in [3.05, 3.63) is 0 Å². The highest BCUT2D eigenvalue weighted by Crippen LogP contribution is 2.36. The van der Waals surface area contributed by atoms with E-state index >= 15 is 0 Å². The van der Waals surface area contributed by atoms with Crippen molar-refractivity contribution in [1.82, 2.24) is 0 Å². The number of unbranched alkanes of at least 4 members (excludes halogenated alkanes) is 1. The minimum Gasteiger partial charge on any atom is -0.379 e. The van der Waals surface area contributed by atoms with Gasteiger partial charge in [0.25, 0.3) is 0 Å². The van der Waals surface area contributed by atoms with Crippen molar-refractivity contribution in [3.8, 4) is 0 Å². The van der Waals surface area contributed by atoms with E-state index in [1.165, 1.54) is 19.3 Å². The molecular weight excluding hydrogens is 196 g/mol. The van der Waals surface area contributed by atoms with Crippen molar-refractivity contribution < 1.29 is 4.74 Å². The van der Waals surface area contributed by atoms with E-state index in [1.54, 1.807) is 0 Å². The fourth-order valence-electron chi connectivity index (χ4n) is 2.13. The summed E-state index contributed by atoms with van der Waals surface area (Å²) in [6.45, 7) is 17.0. The number of hydrogen-bond acceptors (Lipinski definition) is 1. The zero-order valence-corrected chi connectivity index (χ0v) is 12.5. The molecule has 98 valence electrons. The molecule has 0 aliphatic heterocycles. The van der Waals surface area contributed by atoms with Crippen LogP contribution in [0.15, 0.2) is 0 Å². The first-order valence-electron chi connectivity index (χ1n) is 6.89. The molecule has 0 heterocycles. The normalized spacial score (nSPS) is 14.8. The molecule has 0 aliphatic carbocycles. The van der Waals surface area contributed by atoms with E-state index in [0.29, 0.717) is 11.5 Å². The molecule has 0 saturated heterocycles. The minimum absolute atomic E-state index is 0.377. The van der Waals surface area contributed by atoms with Gasteiger partial charge in [0.2, 0.25) is 0 Å². The fourth-order valence-corrected chi connectivity index (χ4v) is 2.13. The number of hydrogen-bond donors (Lipinski definition) is 0. The van der Waals surface area contributed by atoms with E-state index in [4.69, 9.17) is 4.74 Å². The van der Waals surface area contributed by atoms with Crippen LogP contribution in [0.3, 0.4) is 0 Å². The summed E-state index contributed by atoms with van der Waals surface area (Å²) in [7, 11) is 0. The van der Waals surface area contributed by atoms with Crippen LogP contribution in [0.4, 0.5) is 0 Å². The molecule has 0 rings (SSSR count). The van der Waals surface area contributed by atoms with Gasteiger partial charge in [0.05, 0.1) is 6.10 Å². The van der Waals surface area contributed by atoms with Crippen LogP contribution in [0.5, 0.6) is 0 Å². The molecule has 0 aromatic rings. The predicted molar refractivity (Wildman–Crippen MR) is 72.7 cm³/mol. The second-order valence-electron chi connectivity index (χ2n) is 6.40. The summed E-state index contributed by atoms with van der Waals surface area (Å²) in [5.74, 6) is 1.57. The van der Waals surface area contributed by atoms with E-state index in [-0.39, 0.29) is 0 Å². The molecule has 0 amide bonds. The van der Waals surface area contributed by atoms with Crippen molar-refractivity contribution in [3.63, 3.8) is 0 Å². The zero-order valence-electron chi connectivity index (χ0n) is 12.5. The summed E-state index contributed by atoms with van der Waals surface area (Å²) in [6, 6.07) is 0. The molecular formula is C15H32O. The SMILES string of the molecule is CC(C)OCCCCC(C)(C)C(C)C(C)C. The van der Waals surface area contributed by atoms with Crippen LogP contribution in [-0.4, -0.2) is 12.7 Å².